The number of aromatic nitrogens is 2. The summed E-state index contributed by atoms with van der Waals surface area (Å²) in [6.07, 6.45) is 4.25. The van der Waals surface area contributed by atoms with E-state index in [0.717, 1.165) is 31.3 Å². The number of anilines is 1. The zero-order valence-corrected chi connectivity index (χ0v) is 12.6. The zero-order chi connectivity index (χ0) is 13.9. The Morgan fingerprint density at radius 3 is 3.05 bits per heavy atom. The molecule has 4 nitrogen and oxygen atoms in total. The molecule has 3 heterocycles. The molecule has 2 aromatic rings. The Hall–Kier alpha value is -1.46. The Labute approximate surface area is 123 Å². The van der Waals surface area contributed by atoms with Crippen molar-refractivity contribution in [3.05, 3.63) is 29.3 Å². The third-order valence-corrected chi connectivity index (χ3v) is 4.79. The SMILES string of the molecule is Cc1ccc(-c2ccnc(N3CCCC(CN)C3)n2)s1. The third kappa shape index (κ3) is 2.83. The fourth-order valence-corrected chi connectivity index (χ4v) is 3.49. The van der Waals surface area contributed by atoms with Crippen molar-refractivity contribution in [1.29, 1.82) is 0 Å². The van der Waals surface area contributed by atoms with Crippen LogP contribution in [0.4, 0.5) is 5.95 Å². The highest BCUT2D eigenvalue weighted by Crippen LogP contribution is 2.27. The van der Waals surface area contributed by atoms with Crippen LogP contribution in [-0.2, 0) is 0 Å². The first-order valence-electron chi connectivity index (χ1n) is 7.11. The van der Waals surface area contributed by atoms with Crippen LogP contribution in [-0.4, -0.2) is 29.6 Å². The molecule has 2 N–H and O–H groups in total. The Kier molecular flexibility index (Phi) is 3.98. The van der Waals surface area contributed by atoms with Crippen molar-refractivity contribution in [2.45, 2.75) is 19.8 Å². The molecular weight excluding hydrogens is 268 g/mol. The van der Waals surface area contributed by atoms with Gasteiger partial charge in [-0.25, -0.2) is 9.97 Å². The predicted molar refractivity (Wildman–Crippen MR) is 84.1 cm³/mol. The standard InChI is InChI=1S/C15H20N4S/c1-11-4-5-14(20-11)13-6-7-17-15(18-13)19-8-2-3-12(9-16)10-19/h4-7,12H,2-3,8-10,16H2,1H3. The predicted octanol–water partition coefficient (Wildman–Crippen LogP) is 2.69. The van der Waals surface area contributed by atoms with Gasteiger partial charge in [-0.15, -0.1) is 11.3 Å². The van der Waals surface area contributed by atoms with E-state index >= 15 is 0 Å². The summed E-state index contributed by atoms with van der Waals surface area (Å²) < 4.78 is 0. The van der Waals surface area contributed by atoms with Crippen LogP contribution in [0, 0.1) is 12.8 Å². The molecule has 1 fully saturated rings. The van der Waals surface area contributed by atoms with Crippen molar-refractivity contribution in [2.24, 2.45) is 11.7 Å². The van der Waals surface area contributed by atoms with Gasteiger partial charge in [-0.05, 0) is 50.4 Å². The molecule has 0 aliphatic carbocycles. The Balaban J connectivity index is 1.84. The van der Waals surface area contributed by atoms with Gasteiger partial charge in [0.1, 0.15) is 0 Å². The van der Waals surface area contributed by atoms with Gasteiger partial charge in [0.2, 0.25) is 5.95 Å². The number of hydrogen-bond donors (Lipinski definition) is 1. The van der Waals surface area contributed by atoms with Crippen molar-refractivity contribution >= 4 is 17.3 Å². The summed E-state index contributed by atoms with van der Waals surface area (Å²) in [5.74, 6) is 1.41. The summed E-state index contributed by atoms with van der Waals surface area (Å²) in [5.41, 5.74) is 6.82. The van der Waals surface area contributed by atoms with Crippen molar-refractivity contribution in [3.8, 4) is 10.6 Å². The van der Waals surface area contributed by atoms with Crippen LogP contribution >= 0.6 is 11.3 Å². The first kappa shape index (κ1) is 13.5. The average Bonchev–Trinajstić information content (AvgIpc) is 2.94. The highest BCUT2D eigenvalue weighted by molar-refractivity contribution is 7.15. The molecular formula is C15H20N4S. The maximum Gasteiger partial charge on any atom is 0.225 e. The van der Waals surface area contributed by atoms with Crippen LogP contribution in [0.2, 0.25) is 0 Å². The van der Waals surface area contributed by atoms with E-state index in [9.17, 15) is 0 Å². The minimum absolute atomic E-state index is 0.569. The molecule has 1 unspecified atom stereocenters. The molecule has 0 spiro atoms. The van der Waals surface area contributed by atoms with E-state index in [0.29, 0.717) is 5.92 Å². The van der Waals surface area contributed by atoms with Gasteiger partial charge < -0.3 is 10.6 Å². The number of nitrogens with two attached hydrogens (primary N) is 1. The maximum atomic E-state index is 5.80. The number of rotatable bonds is 3. The molecule has 0 saturated carbocycles. The fraction of sp³-hybridized carbons (Fsp3) is 0.467. The summed E-state index contributed by atoms with van der Waals surface area (Å²) in [7, 11) is 0. The average molecular weight is 288 g/mol. The lowest BCUT2D eigenvalue weighted by Gasteiger charge is -2.32. The Morgan fingerprint density at radius 1 is 1.40 bits per heavy atom. The molecule has 1 aliphatic heterocycles. The minimum atomic E-state index is 0.569. The number of aryl methyl sites for hydroxylation is 1. The van der Waals surface area contributed by atoms with Crippen molar-refractivity contribution in [3.63, 3.8) is 0 Å². The Bertz CT molecular complexity index is 581. The smallest absolute Gasteiger partial charge is 0.225 e. The van der Waals surface area contributed by atoms with E-state index in [1.54, 1.807) is 11.3 Å². The topological polar surface area (TPSA) is 55.0 Å². The minimum Gasteiger partial charge on any atom is -0.340 e. The van der Waals surface area contributed by atoms with E-state index in [4.69, 9.17) is 10.7 Å². The lowest BCUT2D eigenvalue weighted by atomic mass is 9.99. The molecule has 1 atom stereocenters. The van der Waals surface area contributed by atoms with Gasteiger partial charge in [-0.3, -0.25) is 0 Å². The molecule has 1 aliphatic rings. The van der Waals surface area contributed by atoms with Crippen molar-refractivity contribution in [2.75, 3.05) is 24.5 Å². The van der Waals surface area contributed by atoms with E-state index in [2.05, 4.69) is 28.9 Å². The summed E-state index contributed by atoms with van der Waals surface area (Å²) in [5, 5.41) is 0. The van der Waals surface area contributed by atoms with Gasteiger partial charge in [0.05, 0.1) is 10.6 Å². The second-order valence-electron chi connectivity index (χ2n) is 5.34. The van der Waals surface area contributed by atoms with Crippen LogP contribution in [0.1, 0.15) is 17.7 Å². The maximum absolute atomic E-state index is 5.80. The lowest BCUT2D eigenvalue weighted by Crippen LogP contribution is -2.39. The zero-order valence-electron chi connectivity index (χ0n) is 11.7. The highest BCUT2D eigenvalue weighted by atomic mass is 32.1. The summed E-state index contributed by atoms with van der Waals surface area (Å²) in [4.78, 5) is 14.0. The van der Waals surface area contributed by atoms with Gasteiger partial charge in [-0.1, -0.05) is 0 Å². The molecule has 2 aromatic heterocycles. The normalized spacial score (nSPS) is 19.3. The van der Waals surface area contributed by atoms with E-state index < -0.39 is 0 Å². The number of thiophene rings is 1. The van der Waals surface area contributed by atoms with Crippen LogP contribution in [0.3, 0.4) is 0 Å². The van der Waals surface area contributed by atoms with Crippen molar-refractivity contribution < 1.29 is 0 Å². The molecule has 0 radical (unpaired) electrons. The molecule has 0 bridgehead atoms. The molecule has 0 aromatic carbocycles. The first-order valence-corrected chi connectivity index (χ1v) is 7.93. The van der Waals surface area contributed by atoms with Gasteiger partial charge in [-0.2, -0.15) is 0 Å². The van der Waals surface area contributed by atoms with E-state index in [-0.39, 0.29) is 0 Å². The molecule has 3 rings (SSSR count). The quantitative estimate of drug-likeness (QED) is 0.943. The molecule has 106 valence electrons. The number of hydrogen-bond acceptors (Lipinski definition) is 5. The number of nitrogens with zero attached hydrogens (tertiary/aromatic N) is 3. The fourth-order valence-electron chi connectivity index (χ4n) is 2.65. The number of piperidine rings is 1. The second kappa shape index (κ2) is 5.89. The van der Waals surface area contributed by atoms with Crippen LogP contribution in [0.15, 0.2) is 24.4 Å². The van der Waals surface area contributed by atoms with Gasteiger partial charge in [0.25, 0.3) is 0 Å². The van der Waals surface area contributed by atoms with Crippen LogP contribution < -0.4 is 10.6 Å². The van der Waals surface area contributed by atoms with E-state index in [1.807, 2.05) is 12.3 Å². The van der Waals surface area contributed by atoms with Crippen molar-refractivity contribution in [1.82, 2.24) is 9.97 Å². The van der Waals surface area contributed by atoms with Crippen LogP contribution in [0.5, 0.6) is 0 Å². The summed E-state index contributed by atoms with van der Waals surface area (Å²) in [6, 6.07) is 6.25. The molecule has 5 heteroatoms. The summed E-state index contributed by atoms with van der Waals surface area (Å²) >= 11 is 1.77. The van der Waals surface area contributed by atoms with E-state index in [1.165, 1.54) is 22.6 Å². The molecule has 0 amide bonds. The van der Waals surface area contributed by atoms with Gasteiger partial charge >= 0.3 is 0 Å². The monoisotopic (exact) mass is 288 g/mol. The highest BCUT2D eigenvalue weighted by Gasteiger charge is 2.21. The summed E-state index contributed by atoms with van der Waals surface area (Å²) in [6.45, 7) is 4.87. The first-order chi connectivity index (χ1) is 9.76. The second-order valence-corrected chi connectivity index (χ2v) is 6.63. The van der Waals surface area contributed by atoms with Crippen LogP contribution in [0.25, 0.3) is 10.6 Å². The Morgan fingerprint density at radius 2 is 2.30 bits per heavy atom. The molecule has 1 saturated heterocycles. The van der Waals surface area contributed by atoms with Gasteiger partial charge in [0, 0.05) is 24.2 Å². The third-order valence-electron chi connectivity index (χ3n) is 3.77. The molecule has 20 heavy (non-hydrogen) atoms. The largest absolute Gasteiger partial charge is 0.340 e. The van der Waals surface area contributed by atoms with Gasteiger partial charge in [0.15, 0.2) is 0 Å². The lowest BCUT2D eigenvalue weighted by molar-refractivity contribution is 0.419.